The Hall–Kier alpha value is -0.900. The second-order valence-electron chi connectivity index (χ2n) is 4.73. The molecule has 0 amide bonds. The molecule has 0 spiro atoms. The molecule has 0 aliphatic heterocycles. The van der Waals surface area contributed by atoms with Gasteiger partial charge in [-0.05, 0) is 43.3 Å². The first kappa shape index (κ1) is 15.5. The smallest absolute Gasteiger partial charge is 0.131 e. The number of halogens is 2. The summed E-state index contributed by atoms with van der Waals surface area (Å²) >= 11 is 7.60. The van der Waals surface area contributed by atoms with Gasteiger partial charge in [0.1, 0.15) is 5.82 Å². The van der Waals surface area contributed by atoms with Crippen molar-refractivity contribution in [1.29, 1.82) is 0 Å². The summed E-state index contributed by atoms with van der Waals surface area (Å²) in [6.07, 6.45) is 2.21. The Morgan fingerprint density at radius 1 is 1.25 bits per heavy atom. The van der Waals surface area contributed by atoms with Crippen molar-refractivity contribution in [3.05, 3.63) is 46.0 Å². The lowest BCUT2D eigenvalue weighted by Crippen LogP contribution is -2.19. The van der Waals surface area contributed by atoms with E-state index in [1.54, 1.807) is 23.5 Å². The minimum Gasteiger partial charge on any atom is -0.310 e. The molecule has 1 atom stereocenters. The van der Waals surface area contributed by atoms with Gasteiger partial charge in [0, 0.05) is 26.4 Å². The fraction of sp³-hybridized carbons (Fsp3) is 0.375. The second kappa shape index (κ2) is 7.21. The van der Waals surface area contributed by atoms with E-state index in [0.29, 0.717) is 16.6 Å². The first-order valence-corrected chi connectivity index (χ1v) is 8.13. The van der Waals surface area contributed by atoms with Gasteiger partial charge in [0.05, 0.1) is 0 Å². The maximum absolute atomic E-state index is 13.9. The Kier molecular flexibility index (Phi) is 5.58. The number of thiophene rings is 1. The summed E-state index contributed by atoms with van der Waals surface area (Å²) in [4.78, 5) is 2.18. The lowest BCUT2D eigenvalue weighted by atomic mass is 10.1. The van der Waals surface area contributed by atoms with Crippen LogP contribution in [-0.4, -0.2) is 6.54 Å². The Morgan fingerprint density at radius 3 is 2.75 bits per heavy atom. The van der Waals surface area contributed by atoms with Crippen molar-refractivity contribution >= 4 is 22.9 Å². The van der Waals surface area contributed by atoms with E-state index in [1.807, 2.05) is 6.07 Å². The van der Waals surface area contributed by atoms with Crippen molar-refractivity contribution < 1.29 is 4.39 Å². The summed E-state index contributed by atoms with van der Waals surface area (Å²) in [5.41, 5.74) is 0.584. The molecule has 1 aromatic carbocycles. The molecule has 108 valence electrons. The third-order valence-electron chi connectivity index (χ3n) is 3.19. The van der Waals surface area contributed by atoms with E-state index in [1.165, 1.54) is 10.9 Å². The van der Waals surface area contributed by atoms with Crippen LogP contribution in [0.15, 0.2) is 30.3 Å². The highest BCUT2D eigenvalue weighted by Crippen LogP contribution is 2.35. The van der Waals surface area contributed by atoms with Crippen LogP contribution in [0.2, 0.25) is 5.02 Å². The van der Waals surface area contributed by atoms with Gasteiger partial charge in [-0.15, -0.1) is 11.3 Å². The maximum Gasteiger partial charge on any atom is 0.131 e. The predicted octanol–water partition coefficient (Wildman–Crippen LogP) is 5.66. The summed E-state index contributed by atoms with van der Waals surface area (Å²) in [5.74, 6) is -0.224. The molecule has 0 fully saturated rings. The largest absolute Gasteiger partial charge is 0.310 e. The van der Waals surface area contributed by atoms with Crippen LogP contribution >= 0.6 is 22.9 Å². The number of rotatable bonds is 6. The lowest BCUT2D eigenvalue weighted by Gasteiger charge is -2.15. The molecule has 0 aliphatic carbocycles. The lowest BCUT2D eigenvalue weighted by molar-refractivity contribution is 0.516. The highest BCUT2D eigenvalue weighted by Gasteiger charge is 2.14. The minimum absolute atomic E-state index is 0.224. The third-order valence-corrected chi connectivity index (χ3v) is 4.66. The van der Waals surface area contributed by atoms with Crippen LogP contribution in [0.25, 0.3) is 10.4 Å². The average Bonchev–Trinajstić information content (AvgIpc) is 2.91. The summed E-state index contributed by atoms with van der Waals surface area (Å²) in [6.45, 7) is 5.22. The van der Waals surface area contributed by atoms with Crippen LogP contribution in [-0.2, 0) is 0 Å². The zero-order valence-corrected chi connectivity index (χ0v) is 13.3. The standard InChI is InChI=1S/C16H19ClFNS/c1-3-5-14(19-4-2)16-9-8-15(20-16)12-10-11(17)6-7-13(12)18/h6-10,14,19H,3-5H2,1-2H3. The Morgan fingerprint density at radius 2 is 2.05 bits per heavy atom. The molecule has 4 heteroatoms. The van der Waals surface area contributed by atoms with Gasteiger partial charge in [0.25, 0.3) is 0 Å². The molecule has 1 nitrogen and oxygen atoms in total. The Bertz CT molecular complexity index is 561. The molecule has 2 aromatic rings. The summed E-state index contributed by atoms with van der Waals surface area (Å²) in [7, 11) is 0. The predicted molar refractivity (Wildman–Crippen MR) is 86.0 cm³/mol. The number of hydrogen-bond donors (Lipinski definition) is 1. The van der Waals surface area contributed by atoms with E-state index < -0.39 is 0 Å². The van der Waals surface area contributed by atoms with Gasteiger partial charge >= 0.3 is 0 Å². The van der Waals surface area contributed by atoms with Gasteiger partial charge < -0.3 is 5.32 Å². The van der Waals surface area contributed by atoms with E-state index in [4.69, 9.17) is 11.6 Å². The zero-order valence-electron chi connectivity index (χ0n) is 11.7. The molecule has 1 aromatic heterocycles. The molecule has 20 heavy (non-hydrogen) atoms. The van der Waals surface area contributed by atoms with Gasteiger partial charge in [-0.1, -0.05) is 31.9 Å². The quantitative estimate of drug-likeness (QED) is 0.726. The highest BCUT2D eigenvalue weighted by molar-refractivity contribution is 7.15. The topological polar surface area (TPSA) is 12.0 Å². The van der Waals surface area contributed by atoms with Crippen molar-refractivity contribution in [2.75, 3.05) is 6.54 Å². The summed E-state index contributed by atoms with van der Waals surface area (Å²) in [6, 6.07) is 9.11. The van der Waals surface area contributed by atoms with Crippen LogP contribution in [0.1, 0.15) is 37.6 Å². The number of nitrogens with one attached hydrogen (secondary N) is 1. The molecule has 1 unspecified atom stereocenters. The van der Waals surface area contributed by atoms with Crippen molar-refractivity contribution in [3.63, 3.8) is 0 Å². The molecule has 0 saturated heterocycles. The summed E-state index contributed by atoms with van der Waals surface area (Å²) in [5, 5.41) is 4.04. The van der Waals surface area contributed by atoms with Gasteiger partial charge in [-0.3, -0.25) is 0 Å². The number of hydrogen-bond acceptors (Lipinski definition) is 2. The van der Waals surface area contributed by atoms with Crippen LogP contribution in [0.3, 0.4) is 0 Å². The van der Waals surface area contributed by atoms with Crippen LogP contribution < -0.4 is 5.32 Å². The van der Waals surface area contributed by atoms with Crippen LogP contribution in [0.5, 0.6) is 0 Å². The highest BCUT2D eigenvalue weighted by atomic mass is 35.5. The normalized spacial score (nSPS) is 12.6. The van der Waals surface area contributed by atoms with Crippen molar-refractivity contribution in [3.8, 4) is 10.4 Å². The Balaban J connectivity index is 2.29. The molecule has 0 bridgehead atoms. The molecule has 0 radical (unpaired) electrons. The summed E-state index contributed by atoms with van der Waals surface area (Å²) < 4.78 is 13.9. The van der Waals surface area contributed by atoms with Gasteiger partial charge in [-0.25, -0.2) is 4.39 Å². The Labute approximate surface area is 128 Å². The zero-order chi connectivity index (χ0) is 14.5. The number of benzene rings is 1. The van der Waals surface area contributed by atoms with E-state index in [9.17, 15) is 4.39 Å². The minimum atomic E-state index is -0.224. The van der Waals surface area contributed by atoms with Crippen molar-refractivity contribution in [2.45, 2.75) is 32.7 Å². The first-order valence-electron chi connectivity index (χ1n) is 6.94. The molecule has 0 aliphatic rings. The van der Waals surface area contributed by atoms with Crippen LogP contribution in [0.4, 0.5) is 4.39 Å². The first-order chi connectivity index (χ1) is 9.65. The van der Waals surface area contributed by atoms with E-state index in [0.717, 1.165) is 24.3 Å². The molecular formula is C16H19ClFNS. The molecular weight excluding hydrogens is 293 g/mol. The van der Waals surface area contributed by atoms with Crippen LogP contribution in [0, 0.1) is 5.82 Å². The van der Waals surface area contributed by atoms with Gasteiger partial charge in [0.2, 0.25) is 0 Å². The van der Waals surface area contributed by atoms with E-state index in [2.05, 4.69) is 25.2 Å². The second-order valence-corrected chi connectivity index (χ2v) is 6.28. The maximum atomic E-state index is 13.9. The van der Waals surface area contributed by atoms with E-state index in [-0.39, 0.29) is 5.82 Å². The monoisotopic (exact) mass is 311 g/mol. The molecule has 1 heterocycles. The van der Waals surface area contributed by atoms with Crippen molar-refractivity contribution in [1.82, 2.24) is 5.32 Å². The van der Waals surface area contributed by atoms with E-state index >= 15 is 0 Å². The SMILES string of the molecule is CCCC(NCC)c1ccc(-c2cc(Cl)ccc2F)s1. The van der Waals surface area contributed by atoms with Crippen molar-refractivity contribution in [2.24, 2.45) is 0 Å². The third kappa shape index (κ3) is 3.60. The molecule has 1 N–H and O–H groups in total. The molecule has 2 rings (SSSR count). The fourth-order valence-electron chi connectivity index (χ4n) is 2.25. The van der Waals surface area contributed by atoms with Gasteiger partial charge in [0.15, 0.2) is 0 Å². The van der Waals surface area contributed by atoms with Gasteiger partial charge in [-0.2, -0.15) is 0 Å². The average molecular weight is 312 g/mol. The fourth-order valence-corrected chi connectivity index (χ4v) is 3.56. The molecule has 0 saturated carbocycles.